The Balaban J connectivity index is 1.34. The summed E-state index contributed by atoms with van der Waals surface area (Å²) in [4.78, 5) is 26.8. The molecule has 0 heterocycles. The van der Waals surface area contributed by atoms with E-state index < -0.39 is 0 Å². The maximum absolute atomic E-state index is 13.1. The maximum atomic E-state index is 13.1. The van der Waals surface area contributed by atoms with Gasteiger partial charge in [0.25, 0.3) is 0 Å². The molecule has 0 radical (unpaired) electrons. The lowest BCUT2D eigenvalue weighted by Crippen LogP contribution is -2.14. The number of benzene rings is 4. The number of thioether (sulfide) groups is 1. The smallest absolute Gasteiger partial charge is 0.316 e. The van der Waals surface area contributed by atoms with Crippen molar-refractivity contribution in [3.8, 4) is 11.1 Å². The molecule has 0 N–H and O–H groups in total. The van der Waals surface area contributed by atoms with Crippen LogP contribution in [-0.2, 0) is 21.6 Å². The summed E-state index contributed by atoms with van der Waals surface area (Å²) in [5, 5.41) is 1.96. The van der Waals surface area contributed by atoms with Crippen LogP contribution in [-0.4, -0.2) is 17.5 Å². The summed E-state index contributed by atoms with van der Waals surface area (Å²) in [6.45, 7) is 11.0. The Morgan fingerprint density at radius 1 is 0.833 bits per heavy atom. The molecule has 1 aliphatic rings. The van der Waals surface area contributed by atoms with Gasteiger partial charge in [0.05, 0.1) is 5.75 Å². The van der Waals surface area contributed by atoms with Gasteiger partial charge < -0.3 is 4.74 Å². The largest absolute Gasteiger partial charge is 0.460 e. The van der Waals surface area contributed by atoms with Crippen LogP contribution >= 0.6 is 11.8 Å². The van der Waals surface area contributed by atoms with Gasteiger partial charge in [-0.15, -0.1) is 11.8 Å². The summed E-state index contributed by atoms with van der Waals surface area (Å²) < 4.78 is 5.68. The molecule has 0 saturated heterocycles. The summed E-state index contributed by atoms with van der Waals surface area (Å²) in [5.74, 6) is 0.00977. The summed E-state index contributed by atoms with van der Waals surface area (Å²) in [6, 6.07) is 22.1. The Morgan fingerprint density at radius 3 is 2.19 bits per heavy atom. The topological polar surface area (TPSA) is 43.4 Å². The van der Waals surface area contributed by atoms with Crippen molar-refractivity contribution in [3.63, 3.8) is 0 Å². The van der Waals surface area contributed by atoms with Crippen molar-refractivity contribution in [3.05, 3.63) is 100 Å². The molecule has 0 atom stereocenters. The van der Waals surface area contributed by atoms with Crippen molar-refractivity contribution in [1.29, 1.82) is 0 Å². The molecular weight excluding hydrogens is 464 g/mol. The monoisotopic (exact) mass is 494 g/mol. The second-order valence-electron chi connectivity index (χ2n) is 10.5. The predicted octanol–water partition coefficient (Wildman–Crippen LogP) is 7.80. The van der Waals surface area contributed by atoms with Crippen LogP contribution in [0.15, 0.2) is 71.6 Å². The fourth-order valence-electron chi connectivity index (χ4n) is 4.97. The van der Waals surface area contributed by atoms with E-state index in [0.717, 1.165) is 54.6 Å². The standard InChI is InChI=1S/C32H30O3S/c1-19-15-21(32(3,4)5)16-20(2)27(19)17-35-29(33)18-36-28-14-13-23-22-9-6-7-10-24(22)31(34)26-12-8-11-25(28)30(23)26/h6-16H,17-18H2,1-5H3. The zero-order chi connectivity index (χ0) is 25.6. The highest BCUT2D eigenvalue weighted by Gasteiger charge is 2.25. The van der Waals surface area contributed by atoms with Gasteiger partial charge in [0.15, 0.2) is 5.78 Å². The number of carbonyl (C=O) groups is 2. The number of aryl methyl sites for hydroxylation is 2. The molecule has 182 valence electrons. The summed E-state index contributed by atoms with van der Waals surface area (Å²) in [6.07, 6.45) is 0. The lowest BCUT2D eigenvalue weighted by molar-refractivity contribution is -0.141. The van der Waals surface area contributed by atoms with Crippen molar-refractivity contribution in [2.45, 2.75) is 51.5 Å². The number of ether oxygens (including phenoxy) is 1. The van der Waals surface area contributed by atoms with Gasteiger partial charge in [0, 0.05) is 21.4 Å². The van der Waals surface area contributed by atoms with Crippen LogP contribution in [0.3, 0.4) is 0 Å². The van der Waals surface area contributed by atoms with Gasteiger partial charge in [0.1, 0.15) is 6.61 Å². The first kappa shape index (κ1) is 24.3. The van der Waals surface area contributed by atoms with E-state index in [2.05, 4.69) is 52.8 Å². The Labute approximate surface area is 216 Å². The van der Waals surface area contributed by atoms with Crippen molar-refractivity contribution in [1.82, 2.24) is 0 Å². The molecular formula is C32H30O3S. The van der Waals surface area contributed by atoms with Gasteiger partial charge >= 0.3 is 5.97 Å². The first-order valence-electron chi connectivity index (χ1n) is 12.2. The van der Waals surface area contributed by atoms with Crippen LogP contribution in [0.25, 0.3) is 21.9 Å². The van der Waals surface area contributed by atoms with E-state index in [1.165, 1.54) is 17.3 Å². The molecule has 4 aromatic rings. The van der Waals surface area contributed by atoms with Crippen molar-refractivity contribution in [2.24, 2.45) is 0 Å². The average molecular weight is 495 g/mol. The molecule has 4 aromatic carbocycles. The Bertz CT molecular complexity index is 1500. The molecule has 0 amide bonds. The second kappa shape index (κ2) is 9.25. The minimum atomic E-state index is -0.249. The Kier molecular flexibility index (Phi) is 6.25. The van der Waals surface area contributed by atoms with Crippen LogP contribution < -0.4 is 0 Å². The van der Waals surface area contributed by atoms with E-state index in [4.69, 9.17) is 4.74 Å². The van der Waals surface area contributed by atoms with Gasteiger partial charge in [-0.05, 0) is 64.1 Å². The predicted molar refractivity (Wildman–Crippen MR) is 148 cm³/mol. The fourth-order valence-corrected chi connectivity index (χ4v) is 5.81. The van der Waals surface area contributed by atoms with Gasteiger partial charge in [-0.3, -0.25) is 9.59 Å². The van der Waals surface area contributed by atoms with Gasteiger partial charge in [-0.1, -0.05) is 81.4 Å². The molecule has 36 heavy (non-hydrogen) atoms. The van der Waals surface area contributed by atoms with E-state index in [1.807, 2.05) is 48.5 Å². The number of ketones is 1. The van der Waals surface area contributed by atoms with Crippen molar-refractivity contribution in [2.75, 3.05) is 5.75 Å². The Morgan fingerprint density at radius 2 is 1.50 bits per heavy atom. The highest BCUT2D eigenvalue weighted by molar-refractivity contribution is 8.00. The molecule has 0 unspecified atom stereocenters. The number of carbonyl (C=O) groups excluding carboxylic acids is 2. The molecule has 0 aromatic heterocycles. The molecule has 0 bridgehead atoms. The summed E-state index contributed by atoms with van der Waals surface area (Å²) in [5.41, 5.74) is 8.21. The lowest BCUT2D eigenvalue weighted by atomic mass is 9.83. The number of rotatable bonds is 5. The zero-order valence-corrected chi connectivity index (χ0v) is 22.2. The van der Waals surface area contributed by atoms with Crippen molar-refractivity contribution >= 4 is 34.3 Å². The third-order valence-corrected chi connectivity index (χ3v) is 8.04. The quantitative estimate of drug-likeness (QED) is 0.185. The number of hydrogen-bond donors (Lipinski definition) is 0. The summed E-state index contributed by atoms with van der Waals surface area (Å²) >= 11 is 1.46. The highest BCUT2D eigenvalue weighted by Crippen LogP contribution is 2.42. The van der Waals surface area contributed by atoms with Gasteiger partial charge in [-0.25, -0.2) is 0 Å². The molecule has 1 aliphatic carbocycles. The van der Waals surface area contributed by atoms with Gasteiger partial charge in [0.2, 0.25) is 0 Å². The van der Waals surface area contributed by atoms with Crippen LogP contribution in [0, 0.1) is 13.8 Å². The van der Waals surface area contributed by atoms with E-state index in [9.17, 15) is 9.59 Å². The highest BCUT2D eigenvalue weighted by atomic mass is 32.2. The third-order valence-electron chi connectivity index (χ3n) is 6.99. The molecule has 0 fully saturated rings. The zero-order valence-electron chi connectivity index (χ0n) is 21.4. The molecule has 5 rings (SSSR count). The maximum Gasteiger partial charge on any atom is 0.316 e. The molecule has 0 saturated carbocycles. The van der Waals surface area contributed by atoms with Gasteiger partial charge in [-0.2, -0.15) is 0 Å². The second-order valence-corrected chi connectivity index (χ2v) is 11.5. The fraction of sp³-hybridized carbons (Fsp3) is 0.250. The molecule has 4 heteroatoms. The first-order valence-corrected chi connectivity index (χ1v) is 13.2. The minimum Gasteiger partial charge on any atom is -0.460 e. The first-order chi connectivity index (χ1) is 17.1. The average Bonchev–Trinajstić information content (AvgIpc) is 2.85. The lowest BCUT2D eigenvalue weighted by Gasteiger charge is -2.22. The minimum absolute atomic E-state index is 0.0495. The number of esters is 1. The molecule has 0 aliphatic heterocycles. The van der Waals surface area contributed by atoms with Crippen LogP contribution in [0.4, 0.5) is 0 Å². The van der Waals surface area contributed by atoms with E-state index in [1.54, 1.807) is 0 Å². The van der Waals surface area contributed by atoms with E-state index in [-0.39, 0.29) is 29.5 Å². The Hall–Kier alpha value is -3.37. The van der Waals surface area contributed by atoms with Crippen molar-refractivity contribution < 1.29 is 14.3 Å². The number of fused-ring (bicyclic) bond motifs is 2. The van der Waals surface area contributed by atoms with E-state index in [0.29, 0.717) is 0 Å². The number of hydrogen-bond acceptors (Lipinski definition) is 4. The van der Waals surface area contributed by atoms with Crippen LogP contribution in [0.2, 0.25) is 0 Å². The SMILES string of the molecule is Cc1cc(C(C)(C)C)cc(C)c1COC(=O)CSc1ccc2c3c(cccc13)C(=O)c1ccccc1-2. The van der Waals surface area contributed by atoms with E-state index >= 15 is 0 Å². The van der Waals surface area contributed by atoms with Crippen LogP contribution in [0.1, 0.15) is 58.9 Å². The normalized spacial score (nSPS) is 12.5. The molecule has 3 nitrogen and oxygen atoms in total. The summed E-state index contributed by atoms with van der Waals surface area (Å²) in [7, 11) is 0. The third kappa shape index (κ3) is 4.35. The van der Waals surface area contributed by atoms with Crippen LogP contribution in [0.5, 0.6) is 0 Å². The molecule has 0 spiro atoms.